The third-order valence-electron chi connectivity index (χ3n) is 5.14. The molecule has 3 aromatic carbocycles. The van der Waals surface area contributed by atoms with E-state index in [0.717, 1.165) is 10.6 Å². The molecule has 0 aromatic heterocycles. The second kappa shape index (κ2) is 10.5. The number of nitrogens with two attached hydrogens (primary N) is 1. The molecule has 0 bridgehead atoms. The van der Waals surface area contributed by atoms with Gasteiger partial charge in [0.25, 0.3) is 11.6 Å². The molecule has 4 N–H and O–H groups in total. The molecule has 4 rings (SSSR count). The van der Waals surface area contributed by atoms with Crippen molar-refractivity contribution in [1.29, 1.82) is 0 Å². The minimum absolute atomic E-state index is 0.112. The van der Waals surface area contributed by atoms with Gasteiger partial charge in [0.2, 0.25) is 0 Å². The largest absolute Gasteiger partial charge is 0.374 e. The minimum Gasteiger partial charge on any atom is -0.374 e. The summed E-state index contributed by atoms with van der Waals surface area (Å²) in [4.78, 5) is 36.2. The fourth-order valence-corrected chi connectivity index (χ4v) is 3.47. The molecule has 0 radical (unpaired) electrons. The van der Waals surface area contributed by atoms with E-state index < -0.39 is 10.8 Å². The molecule has 0 fully saturated rings. The maximum absolute atomic E-state index is 12.9. The van der Waals surface area contributed by atoms with E-state index in [1.807, 2.05) is 30.3 Å². The van der Waals surface area contributed by atoms with Gasteiger partial charge in [-0.2, -0.15) is 15.2 Å². The first-order valence-electron chi connectivity index (χ1n) is 10.6. The van der Waals surface area contributed by atoms with Crippen LogP contribution in [0.3, 0.4) is 0 Å². The zero-order chi connectivity index (χ0) is 25.7. The van der Waals surface area contributed by atoms with Gasteiger partial charge >= 0.3 is 5.91 Å². The molecular formula is C24H19N7O4S. The van der Waals surface area contributed by atoms with Crippen LogP contribution < -0.4 is 16.5 Å². The lowest BCUT2D eigenvalue weighted by molar-refractivity contribution is -0.384. The second-order valence-corrected chi connectivity index (χ2v) is 7.91. The van der Waals surface area contributed by atoms with Gasteiger partial charge in [0.1, 0.15) is 5.71 Å². The van der Waals surface area contributed by atoms with Crippen LogP contribution >= 0.6 is 12.2 Å². The zero-order valence-electron chi connectivity index (χ0n) is 18.6. The van der Waals surface area contributed by atoms with Crippen molar-refractivity contribution in [3.8, 4) is 0 Å². The number of anilines is 1. The number of amides is 2. The molecule has 1 aliphatic rings. The molecule has 0 aliphatic carbocycles. The summed E-state index contributed by atoms with van der Waals surface area (Å²) >= 11 is 4.90. The number of non-ortho nitro benzene ring substituents is 1. The molecule has 0 atom stereocenters. The Morgan fingerprint density at radius 3 is 2.39 bits per heavy atom. The molecule has 0 saturated heterocycles. The van der Waals surface area contributed by atoms with E-state index >= 15 is 0 Å². The van der Waals surface area contributed by atoms with Gasteiger partial charge in [-0.3, -0.25) is 25.1 Å². The summed E-state index contributed by atoms with van der Waals surface area (Å²) in [5, 5.41) is 22.7. The number of benzene rings is 3. The van der Waals surface area contributed by atoms with Gasteiger partial charge in [0.15, 0.2) is 10.8 Å². The lowest BCUT2D eigenvalue weighted by atomic mass is 10.1. The van der Waals surface area contributed by atoms with Crippen molar-refractivity contribution in [3.63, 3.8) is 0 Å². The third-order valence-corrected chi connectivity index (χ3v) is 5.31. The van der Waals surface area contributed by atoms with E-state index in [1.165, 1.54) is 24.3 Å². The van der Waals surface area contributed by atoms with Crippen molar-refractivity contribution in [2.45, 2.75) is 6.54 Å². The van der Waals surface area contributed by atoms with Crippen molar-refractivity contribution in [1.82, 2.24) is 10.3 Å². The van der Waals surface area contributed by atoms with Gasteiger partial charge in [-0.25, -0.2) is 0 Å². The van der Waals surface area contributed by atoms with Crippen molar-refractivity contribution >= 4 is 51.9 Å². The predicted molar refractivity (Wildman–Crippen MR) is 138 cm³/mol. The Labute approximate surface area is 210 Å². The van der Waals surface area contributed by atoms with Crippen LogP contribution in [0.2, 0.25) is 0 Å². The number of nitro benzene ring substituents is 1. The molecular weight excluding hydrogens is 482 g/mol. The van der Waals surface area contributed by atoms with Gasteiger partial charge in [0, 0.05) is 24.2 Å². The lowest BCUT2D eigenvalue weighted by Gasteiger charge is -2.11. The van der Waals surface area contributed by atoms with Gasteiger partial charge in [-0.05, 0) is 42.0 Å². The Hall–Kier alpha value is -4.97. The fourth-order valence-electron chi connectivity index (χ4n) is 3.35. The van der Waals surface area contributed by atoms with Crippen LogP contribution in [0.4, 0.5) is 11.4 Å². The Kier molecular flexibility index (Phi) is 7.07. The number of carbonyl (C=O) groups is 2. The molecule has 36 heavy (non-hydrogen) atoms. The lowest BCUT2D eigenvalue weighted by Crippen LogP contribution is -2.36. The van der Waals surface area contributed by atoms with Gasteiger partial charge < -0.3 is 11.1 Å². The zero-order valence-corrected chi connectivity index (χ0v) is 19.4. The summed E-state index contributed by atoms with van der Waals surface area (Å²) in [7, 11) is 0. The number of hydrazone groups is 2. The topological polar surface area (TPSA) is 155 Å². The molecule has 3 aromatic rings. The highest BCUT2D eigenvalue weighted by atomic mass is 32.1. The van der Waals surface area contributed by atoms with E-state index in [9.17, 15) is 19.7 Å². The molecule has 0 unspecified atom stereocenters. The highest BCUT2D eigenvalue weighted by Crippen LogP contribution is 2.20. The van der Waals surface area contributed by atoms with Gasteiger partial charge in [0.05, 0.1) is 16.2 Å². The van der Waals surface area contributed by atoms with Crippen LogP contribution in [0, 0.1) is 10.1 Å². The number of para-hydroxylation sites is 1. The van der Waals surface area contributed by atoms with Crippen molar-refractivity contribution in [2.24, 2.45) is 15.9 Å². The molecule has 1 aliphatic heterocycles. The first-order valence-corrected chi connectivity index (χ1v) is 11.0. The van der Waals surface area contributed by atoms with Crippen molar-refractivity contribution in [2.75, 3.05) is 5.43 Å². The smallest absolute Gasteiger partial charge is 0.303 e. The van der Waals surface area contributed by atoms with E-state index in [0.29, 0.717) is 23.4 Å². The number of hydrogen-bond donors (Lipinski definition) is 3. The molecule has 0 saturated carbocycles. The van der Waals surface area contributed by atoms with Crippen molar-refractivity contribution in [3.05, 3.63) is 106 Å². The first kappa shape index (κ1) is 24.2. The molecule has 1 heterocycles. The fraction of sp³-hybridized carbons (Fsp3) is 0.0417. The number of nitrogens with one attached hydrogen (secondary N) is 2. The normalized spacial score (nSPS) is 13.9. The third kappa shape index (κ3) is 5.23. The van der Waals surface area contributed by atoms with Gasteiger partial charge in [-0.1, -0.05) is 42.5 Å². The van der Waals surface area contributed by atoms with Crippen LogP contribution in [-0.2, 0) is 11.3 Å². The van der Waals surface area contributed by atoms with Crippen LogP contribution in [0.25, 0.3) is 0 Å². The van der Waals surface area contributed by atoms with Crippen LogP contribution in [0.15, 0.2) is 89.1 Å². The molecule has 0 spiro atoms. The standard InChI is InChI=1S/C24H19N7O4S/c25-24(36)30-23(33)21(20(29-30)16-10-12-17(13-11-16)31(34)35)28-27-19-9-5-4-8-18(19)22(32)26-14-15-6-2-1-3-7-15/h1-13,27H,14H2,(H2,25,36)(H,26,32)/b28-21+. The Morgan fingerprint density at radius 1 is 1.06 bits per heavy atom. The summed E-state index contributed by atoms with van der Waals surface area (Å²) in [6, 6.07) is 21.5. The Balaban J connectivity index is 1.60. The predicted octanol–water partition coefficient (Wildman–Crippen LogP) is 2.78. The maximum Gasteiger partial charge on any atom is 0.303 e. The van der Waals surface area contributed by atoms with Crippen molar-refractivity contribution < 1.29 is 14.5 Å². The number of nitrogens with zero attached hydrogens (tertiary/aromatic N) is 4. The van der Waals surface area contributed by atoms with Crippen LogP contribution in [0.1, 0.15) is 21.5 Å². The molecule has 2 amide bonds. The summed E-state index contributed by atoms with van der Waals surface area (Å²) in [5.41, 5.74) is 10.2. The van der Waals surface area contributed by atoms with Crippen LogP contribution in [-0.4, -0.2) is 38.3 Å². The number of hydrogen-bond acceptors (Lipinski definition) is 8. The van der Waals surface area contributed by atoms with E-state index in [2.05, 4.69) is 20.9 Å². The SMILES string of the molecule is NC(=S)N1N=C(c2ccc([N+](=O)[O-])cc2)/C(=N\Nc2ccccc2C(=O)NCc2ccccc2)C1=O. The van der Waals surface area contributed by atoms with E-state index in [-0.39, 0.29) is 28.1 Å². The molecule has 180 valence electrons. The quantitative estimate of drug-likeness (QED) is 0.255. The maximum atomic E-state index is 12.9. The number of thiocarbonyl (C=S) groups is 1. The average molecular weight is 502 g/mol. The molecule has 11 nitrogen and oxygen atoms in total. The summed E-state index contributed by atoms with van der Waals surface area (Å²) in [6.45, 7) is 0.334. The summed E-state index contributed by atoms with van der Waals surface area (Å²) in [5.74, 6) is -1.02. The summed E-state index contributed by atoms with van der Waals surface area (Å²) < 4.78 is 0. The number of rotatable bonds is 7. The van der Waals surface area contributed by atoms with Gasteiger partial charge in [-0.15, -0.1) is 0 Å². The van der Waals surface area contributed by atoms with E-state index in [4.69, 9.17) is 18.0 Å². The highest BCUT2D eigenvalue weighted by Gasteiger charge is 2.35. The summed E-state index contributed by atoms with van der Waals surface area (Å²) in [6.07, 6.45) is 0. The second-order valence-electron chi connectivity index (χ2n) is 7.49. The first-order chi connectivity index (χ1) is 17.3. The highest BCUT2D eigenvalue weighted by molar-refractivity contribution is 7.80. The van der Waals surface area contributed by atoms with E-state index in [1.54, 1.807) is 24.3 Å². The Bertz CT molecular complexity index is 1410. The molecule has 12 heteroatoms. The average Bonchev–Trinajstić information content (AvgIpc) is 3.23. The Morgan fingerprint density at radius 2 is 1.72 bits per heavy atom. The number of carbonyl (C=O) groups excluding carboxylic acids is 2. The minimum atomic E-state index is -0.686. The number of nitro groups is 1. The van der Waals surface area contributed by atoms with Crippen LogP contribution in [0.5, 0.6) is 0 Å². The monoisotopic (exact) mass is 501 g/mol.